The van der Waals surface area contributed by atoms with Gasteiger partial charge in [0.1, 0.15) is 0 Å². The third kappa shape index (κ3) is 5.59. The summed E-state index contributed by atoms with van der Waals surface area (Å²) in [6.07, 6.45) is 0.0753. The summed E-state index contributed by atoms with van der Waals surface area (Å²) in [6.45, 7) is 2.06. The van der Waals surface area contributed by atoms with Crippen molar-refractivity contribution in [1.82, 2.24) is 5.32 Å². The van der Waals surface area contributed by atoms with Gasteiger partial charge in [0.2, 0.25) is 0 Å². The van der Waals surface area contributed by atoms with Gasteiger partial charge in [0, 0.05) is 11.3 Å². The number of nitrogen functional groups attached to an aromatic ring is 1. The maximum absolute atomic E-state index is 12.4. The van der Waals surface area contributed by atoms with Gasteiger partial charge in [-0.15, -0.1) is 12.4 Å². The van der Waals surface area contributed by atoms with E-state index in [0.29, 0.717) is 17.9 Å². The van der Waals surface area contributed by atoms with Crippen LogP contribution in [0.1, 0.15) is 35.3 Å². The van der Waals surface area contributed by atoms with Gasteiger partial charge in [-0.05, 0) is 30.7 Å². The molecule has 0 bridgehead atoms. The standard InChI is InChI=1S/C18H20N2O3.ClH/c1-2-23-17(21)12-16(13-7-4-3-5-8-13)20-18(22)14-9-6-10-15(19)11-14;/h3-11,16H,2,12,19H2,1H3,(H,20,22);1H. The summed E-state index contributed by atoms with van der Waals surface area (Å²) in [5.41, 5.74) is 7.52. The number of hydrogen-bond donors (Lipinski definition) is 2. The predicted octanol–water partition coefficient (Wildman–Crippen LogP) is 3.11. The number of nitrogens with two attached hydrogens (primary N) is 1. The number of hydrogen-bond acceptors (Lipinski definition) is 4. The van der Waals surface area contributed by atoms with Crippen molar-refractivity contribution in [2.75, 3.05) is 12.3 Å². The van der Waals surface area contributed by atoms with E-state index >= 15 is 0 Å². The van der Waals surface area contributed by atoms with Gasteiger partial charge in [0.05, 0.1) is 19.1 Å². The lowest BCUT2D eigenvalue weighted by molar-refractivity contribution is -0.143. The van der Waals surface area contributed by atoms with Gasteiger partial charge in [0.15, 0.2) is 0 Å². The Morgan fingerprint density at radius 2 is 1.83 bits per heavy atom. The molecular formula is C18H21ClN2O3. The Bertz CT molecular complexity index is 677. The molecule has 0 radical (unpaired) electrons. The predicted molar refractivity (Wildman–Crippen MR) is 96.0 cm³/mol. The van der Waals surface area contributed by atoms with Gasteiger partial charge >= 0.3 is 5.97 Å². The number of benzene rings is 2. The first kappa shape index (κ1) is 19.5. The van der Waals surface area contributed by atoms with Crippen LogP contribution in [-0.4, -0.2) is 18.5 Å². The smallest absolute Gasteiger partial charge is 0.308 e. The highest BCUT2D eigenvalue weighted by Gasteiger charge is 2.19. The molecule has 128 valence electrons. The van der Waals surface area contributed by atoms with Gasteiger partial charge in [-0.3, -0.25) is 9.59 Å². The second-order valence-electron chi connectivity index (χ2n) is 5.07. The Morgan fingerprint density at radius 1 is 1.12 bits per heavy atom. The third-order valence-corrected chi connectivity index (χ3v) is 3.33. The lowest BCUT2D eigenvalue weighted by Crippen LogP contribution is -2.30. The van der Waals surface area contributed by atoms with Crippen molar-refractivity contribution in [2.24, 2.45) is 0 Å². The molecule has 0 heterocycles. The van der Waals surface area contributed by atoms with E-state index in [0.717, 1.165) is 5.56 Å². The van der Waals surface area contributed by atoms with E-state index in [1.54, 1.807) is 31.2 Å². The Hall–Kier alpha value is -2.53. The normalized spacial score (nSPS) is 11.0. The van der Waals surface area contributed by atoms with Gasteiger partial charge in [-0.1, -0.05) is 36.4 Å². The zero-order valence-corrected chi connectivity index (χ0v) is 14.2. The molecule has 6 heteroatoms. The number of rotatable bonds is 6. The van der Waals surface area contributed by atoms with E-state index in [4.69, 9.17) is 10.5 Å². The summed E-state index contributed by atoms with van der Waals surface area (Å²) < 4.78 is 4.99. The van der Waals surface area contributed by atoms with E-state index in [-0.39, 0.29) is 30.7 Å². The second-order valence-corrected chi connectivity index (χ2v) is 5.07. The van der Waals surface area contributed by atoms with Gasteiger partial charge in [-0.25, -0.2) is 0 Å². The summed E-state index contributed by atoms with van der Waals surface area (Å²) in [6, 6.07) is 15.6. The molecule has 1 amide bonds. The Labute approximate surface area is 147 Å². The van der Waals surface area contributed by atoms with Crippen LogP contribution in [0, 0.1) is 0 Å². The molecule has 0 aliphatic rings. The quantitative estimate of drug-likeness (QED) is 0.620. The molecular weight excluding hydrogens is 328 g/mol. The van der Waals surface area contributed by atoms with E-state index in [9.17, 15) is 9.59 Å². The lowest BCUT2D eigenvalue weighted by Gasteiger charge is -2.18. The maximum atomic E-state index is 12.4. The third-order valence-electron chi connectivity index (χ3n) is 3.33. The molecule has 0 spiro atoms. The number of esters is 1. The molecule has 1 atom stereocenters. The molecule has 0 aromatic heterocycles. The highest BCUT2D eigenvalue weighted by atomic mass is 35.5. The van der Waals surface area contributed by atoms with Crippen LogP contribution in [0.3, 0.4) is 0 Å². The number of carbonyl (C=O) groups excluding carboxylic acids is 2. The van der Waals surface area contributed by atoms with Gasteiger partial charge in [-0.2, -0.15) is 0 Å². The number of carbonyl (C=O) groups is 2. The first-order chi connectivity index (χ1) is 11.1. The molecule has 5 nitrogen and oxygen atoms in total. The van der Waals surface area contributed by atoms with Crippen LogP contribution in [0.25, 0.3) is 0 Å². The van der Waals surface area contributed by atoms with Gasteiger partial charge in [0.25, 0.3) is 5.91 Å². The molecule has 24 heavy (non-hydrogen) atoms. The van der Waals surface area contributed by atoms with Crippen molar-refractivity contribution in [1.29, 1.82) is 0 Å². The molecule has 3 N–H and O–H groups in total. The van der Waals surface area contributed by atoms with E-state index in [1.807, 2.05) is 30.3 Å². The zero-order valence-electron chi connectivity index (χ0n) is 13.4. The molecule has 0 saturated heterocycles. The molecule has 1 unspecified atom stereocenters. The van der Waals surface area contributed by atoms with Crippen molar-refractivity contribution in [3.8, 4) is 0 Å². The fourth-order valence-corrected chi connectivity index (χ4v) is 2.25. The van der Waals surface area contributed by atoms with Crippen LogP contribution in [0.2, 0.25) is 0 Å². The van der Waals surface area contributed by atoms with Crippen LogP contribution in [0.15, 0.2) is 54.6 Å². The van der Waals surface area contributed by atoms with E-state index in [1.165, 1.54) is 0 Å². The number of halogens is 1. The highest BCUT2D eigenvalue weighted by molar-refractivity contribution is 5.95. The van der Waals surface area contributed by atoms with Crippen LogP contribution in [0.4, 0.5) is 5.69 Å². The van der Waals surface area contributed by atoms with Crippen molar-refractivity contribution >= 4 is 30.0 Å². The minimum Gasteiger partial charge on any atom is -0.466 e. The highest BCUT2D eigenvalue weighted by Crippen LogP contribution is 2.18. The monoisotopic (exact) mass is 348 g/mol. The second kappa shape index (κ2) is 9.57. The van der Waals surface area contributed by atoms with Crippen molar-refractivity contribution in [3.05, 3.63) is 65.7 Å². The Kier molecular flexibility index (Phi) is 7.79. The summed E-state index contributed by atoms with van der Waals surface area (Å²) >= 11 is 0. The Balaban J connectivity index is 0.00000288. The number of ether oxygens (including phenoxy) is 1. The summed E-state index contributed by atoms with van der Waals surface area (Å²) in [5, 5.41) is 2.87. The Morgan fingerprint density at radius 3 is 2.46 bits per heavy atom. The van der Waals surface area contributed by atoms with Crippen LogP contribution < -0.4 is 11.1 Å². The number of nitrogens with one attached hydrogen (secondary N) is 1. The maximum Gasteiger partial charge on any atom is 0.308 e. The van der Waals surface area contributed by atoms with Crippen LogP contribution in [0.5, 0.6) is 0 Å². The topological polar surface area (TPSA) is 81.4 Å². The molecule has 0 aliphatic heterocycles. The van der Waals surface area contributed by atoms with Crippen LogP contribution in [-0.2, 0) is 9.53 Å². The SMILES string of the molecule is CCOC(=O)CC(NC(=O)c1cccc(N)c1)c1ccccc1.Cl. The van der Waals surface area contributed by atoms with Crippen LogP contribution >= 0.6 is 12.4 Å². The fraction of sp³-hybridized carbons (Fsp3) is 0.222. The molecule has 2 aromatic rings. The summed E-state index contributed by atoms with van der Waals surface area (Å²) in [4.78, 5) is 24.2. The zero-order chi connectivity index (χ0) is 16.7. The largest absolute Gasteiger partial charge is 0.466 e. The first-order valence-corrected chi connectivity index (χ1v) is 7.47. The molecule has 0 fully saturated rings. The van der Waals surface area contributed by atoms with E-state index in [2.05, 4.69) is 5.32 Å². The lowest BCUT2D eigenvalue weighted by atomic mass is 10.0. The minimum absolute atomic E-state index is 0. The first-order valence-electron chi connectivity index (χ1n) is 7.47. The van der Waals surface area contributed by atoms with Crippen molar-refractivity contribution in [2.45, 2.75) is 19.4 Å². The fourth-order valence-electron chi connectivity index (χ4n) is 2.25. The number of anilines is 1. The van der Waals surface area contributed by atoms with Gasteiger partial charge < -0.3 is 15.8 Å². The summed E-state index contributed by atoms with van der Waals surface area (Å²) in [5.74, 6) is -0.635. The summed E-state index contributed by atoms with van der Waals surface area (Å²) in [7, 11) is 0. The molecule has 0 saturated carbocycles. The number of amides is 1. The van der Waals surface area contributed by atoms with Crippen molar-refractivity contribution < 1.29 is 14.3 Å². The average Bonchev–Trinajstić information content (AvgIpc) is 2.55. The van der Waals surface area contributed by atoms with Crippen molar-refractivity contribution in [3.63, 3.8) is 0 Å². The average molecular weight is 349 g/mol. The van der Waals surface area contributed by atoms with E-state index < -0.39 is 6.04 Å². The molecule has 0 aliphatic carbocycles. The molecule has 2 rings (SSSR count). The molecule has 2 aromatic carbocycles. The minimum atomic E-state index is -0.454.